The quantitative estimate of drug-likeness (QED) is 0.601. The number of carbonyl (C=O) groups excluding carboxylic acids is 3. The zero-order valence-corrected chi connectivity index (χ0v) is 18.9. The predicted molar refractivity (Wildman–Crippen MR) is 124 cm³/mol. The van der Waals surface area contributed by atoms with Crippen LogP contribution in [0.25, 0.3) is 5.65 Å². The van der Waals surface area contributed by atoms with Crippen LogP contribution < -0.4 is 10.1 Å². The van der Waals surface area contributed by atoms with Gasteiger partial charge in [-0.1, -0.05) is 13.8 Å². The molecule has 0 radical (unpaired) electrons. The van der Waals surface area contributed by atoms with E-state index in [4.69, 9.17) is 4.74 Å². The van der Waals surface area contributed by atoms with Crippen molar-refractivity contribution in [2.75, 3.05) is 38.5 Å². The van der Waals surface area contributed by atoms with Crippen LogP contribution in [0.5, 0.6) is 5.75 Å². The van der Waals surface area contributed by atoms with Gasteiger partial charge in [-0.15, -0.1) is 0 Å². The largest absolute Gasteiger partial charge is 0.415 e. The normalized spacial score (nSPS) is 14.5. The van der Waals surface area contributed by atoms with E-state index in [1.165, 1.54) is 0 Å². The van der Waals surface area contributed by atoms with Gasteiger partial charge in [-0.3, -0.25) is 9.59 Å². The molecule has 1 aliphatic rings. The van der Waals surface area contributed by atoms with Gasteiger partial charge in [-0.25, -0.2) is 9.78 Å². The lowest BCUT2D eigenvalue weighted by Gasteiger charge is -2.31. The molecule has 1 N–H and O–H groups in total. The van der Waals surface area contributed by atoms with Crippen molar-refractivity contribution in [3.8, 4) is 5.75 Å². The number of nitrogens with one attached hydrogen (secondary N) is 1. The minimum Gasteiger partial charge on any atom is -0.410 e. The summed E-state index contributed by atoms with van der Waals surface area (Å²) < 4.78 is 7.14. The number of carbonyl (C=O) groups is 3. The van der Waals surface area contributed by atoms with E-state index in [9.17, 15) is 14.4 Å². The Bertz CT molecular complexity index is 1180. The maximum absolute atomic E-state index is 12.7. The average molecular weight is 450 g/mol. The molecule has 3 heterocycles. The second-order valence-corrected chi connectivity index (χ2v) is 8.47. The zero-order valence-electron chi connectivity index (χ0n) is 18.9. The molecule has 0 aliphatic carbocycles. The number of imidazole rings is 1. The smallest absolute Gasteiger partial charge is 0.410 e. The number of anilines is 1. The molecule has 1 saturated heterocycles. The lowest BCUT2D eigenvalue weighted by atomic mass is 10.1. The van der Waals surface area contributed by atoms with Crippen LogP contribution in [-0.4, -0.2) is 70.2 Å². The van der Waals surface area contributed by atoms with Gasteiger partial charge in [0.1, 0.15) is 17.1 Å². The monoisotopic (exact) mass is 449 g/mol. The summed E-state index contributed by atoms with van der Waals surface area (Å²) in [6.07, 6.45) is 2.99. The van der Waals surface area contributed by atoms with E-state index in [2.05, 4.69) is 15.2 Å². The van der Waals surface area contributed by atoms with Crippen molar-refractivity contribution in [1.82, 2.24) is 19.2 Å². The first-order valence-electron chi connectivity index (χ1n) is 10.9. The first-order chi connectivity index (χ1) is 15.8. The molecule has 0 atom stereocenters. The van der Waals surface area contributed by atoms with Crippen LogP contribution in [0.2, 0.25) is 0 Å². The molecule has 4 rings (SSSR count). The van der Waals surface area contributed by atoms with Gasteiger partial charge in [0, 0.05) is 50.1 Å². The number of rotatable bonds is 5. The van der Waals surface area contributed by atoms with Crippen LogP contribution in [0.4, 0.5) is 10.5 Å². The molecule has 33 heavy (non-hydrogen) atoms. The molecule has 9 nitrogen and oxygen atoms in total. The minimum atomic E-state index is -0.385. The molecule has 1 aromatic carbocycles. The number of pyridine rings is 1. The number of nitrogens with zero attached hydrogens (tertiary/aromatic N) is 4. The molecular weight excluding hydrogens is 422 g/mol. The molecular formula is C24H27N5O4. The third-order valence-corrected chi connectivity index (χ3v) is 5.57. The summed E-state index contributed by atoms with van der Waals surface area (Å²) in [7, 11) is 2.02. The van der Waals surface area contributed by atoms with Crippen molar-refractivity contribution in [2.45, 2.75) is 13.8 Å². The fourth-order valence-electron chi connectivity index (χ4n) is 3.51. The number of likely N-dealkylation sites (N-methyl/N-ethyl adjacent to an activating group) is 1. The summed E-state index contributed by atoms with van der Waals surface area (Å²) in [6, 6.07) is 9.90. The van der Waals surface area contributed by atoms with E-state index in [1.807, 2.05) is 20.9 Å². The van der Waals surface area contributed by atoms with Gasteiger partial charge >= 0.3 is 6.09 Å². The van der Waals surface area contributed by atoms with Gasteiger partial charge in [-0.05, 0) is 43.4 Å². The van der Waals surface area contributed by atoms with Crippen molar-refractivity contribution in [3.05, 3.63) is 60.0 Å². The number of Topliss-reactive ketones (excluding diaryl/α,β-unsaturated/α-hetero) is 1. The van der Waals surface area contributed by atoms with Gasteiger partial charge in [-0.2, -0.15) is 0 Å². The van der Waals surface area contributed by atoms with Gasteiger partial charge in [0.05, 0.1) is 5.69 Å². The molecule has 1 aliphatic heterocycles. The number of ether oxygens (including phenoxy) is 1. The fraction of sp³-hybridized carbons (Fsp3) is 0.333. The Balaban J connectivity index is 1.38. The molecule has 0 saturated carbocycles. The number of hydrogen-bond acceptors (Lipinski definition) is 6. The molecule has 9 heteroatoms. The van der Waals surface area contributed by atoms with E-state index >= 15 is 0 Å². The van der Waals surface area contributed by atoms with Gasteiger partial charge in [0.25, 0.3) is 5.91 Å². The van der Waals surface area contributed by atoms with E-state index in [0.717, 1.165) is 13.1 Å². The standard InChI is InChI=1S/C24H27N5O4/c1-16(2)22(30)20-15-29-14-18(6-9-21(29)26-20)25-23(31)17-4-7-19(8-5-17)33-24(32)28-12-10-27(3)11-13-28/h4-9,14-16H,10-13H2,1-3H3,(H,25,31). The Morgan fingerprint density at radius 3 is 2.33 bits per heavy atom. The second-order valence-electron chi connectivity index (χ2n) is 8.47. The Kier molecular flexibility index (Phi) is 6.41. The summed E-state index contributed by atoms with van der Waals surface area (Å²) >= 11 is 0. The summed E-state index contributed by atoms with van der Waals surface area (Å²) in [5, 5.41) is 2.83. The highest BCUT2D eigenvalue weighted by Crippen LogP contribution is 2.17. The highest BCUT2D eigenvalue weighted by Gasteiger charge is 2.21. The highest BCUT2D eigenvalue weighted by atomic mass is 16.6. The van der Waals surface area contributed by atoms with Crippen molar-refractivity contribution >= 4 is 29.1 Å². The van der Waals surface area contributed by atoms with Gasteiger partial charge < -0.3 is 24.3 Å². The van der Waals surface area contributed by atoms with Gasteiger partial charge in [0.2, 0.25) is 0 Å². The van der Waals surface area contributed by atoms with Crippen molar-refractivity contribution in [1.29, 1.82) is 0 Å². The van der Waals surface area contributed by atoms with Crippen molar-refractivity contribution in [3.63, 3.8) is 0 Å². The third kappa shape index (κ3) is 5.20. The summed E-state index contributed by atoms with van der Waals surface area (Å²) in [5.74, 6) is -0.0851. The highest BCUT2D eigenvalue weighted by molar-refractivity contribution is 6.04. The van der Waals surface area contributed by atoms with E-state index in [0.29, 0.717) is 41.4 Å². The number of hydrogen-bond donors (Lipinski definition) is 1. The number of benzene rings is 1. The maximum Gasteiger partial charge on any atom is 0.415 e. The van der Waals surface area contributed by atoms with Crippen LogP contribution >= 0.6 is 0 Å². The number of amides is 2. The Hall–Kier alpha value is -3.72. The van der Waals surface area contributed by atoms with Crippen LogP contribution in [0.15, 0.2) is 48.8 Å². The van der Waals surface area contributed by atoms with Crippen LogP contribution in [0.1, 0.15) is 34.7 Å². The summed E-state index contributed by atoms with van der Waals surface area (Å²) in [5.41, 5.74) is 2.02. The maximum atomic E-state index is 12.7. The Labute approximate surface area is 192 Å². The topological polar surface area (TPSA) is 96.2 Å². The summed E-state index contributed by atoms with van der Waals surface area (Å²) in [6.45, 7) is 6.55. The first-order valence-corrected chi connectivity index (χ1v) is 10.9. The third-order valence-electron chi connectivity index (χ3n) is 5.57. The van der Waals surface area contributed by atoms with E-state index in [-0.39, 0.29) is 23.7 Å². The number of ketones is 1. The van der Waals surface area contributed by atoms with Crippen LogP contribution in [0, 0.1) is 5.92 Å². The van der Waals surface area contributed by atoms with Crippen molar-refractivity contribution in [2.24, 2.45) is 5.92 Å². The molecule has 3 aromatic rings. The average Bonchev–Trinajstić information content (AvgIpc) is 3.22. The van der Waals surface area contributed by atoms with E-state index in [1.54, 1.807) is 58.1 Å². The summed E-state index contributed by atoms with van der Waals surface area (Å²) in [4.78, 5) is 45.3. The SMILES string of the molecule is CC(C)C(=O)c1cn2cc(NC(=O)c3ccc(OC(=O)N4CCN(C)CC4)cc3)ccc2n1. The number of aromatic nitrogens is 2. The second kappa shape index (κ2) is 9.41. The molecule has 0 spiro atoms. The Morgan fingerprint density at radius 2 is 1.67 bits per heavy atom. The first kappa shape index (κ1) is 22.5. The number of fused-ring (bicyclic) bond motifs is 1. The predicted octanol–water partition coefficient (Wildman–Crippen LogP) is 3.17. The van der Waals surface area contributed by atoms with Crippen molar-refractivity contribution < 1.29 is 19.1 Å². The molecule has 0 unspecified atom stereocenters. The minimum absolute atomic E-state index is 0.0299. The Morgan fingerprint density at radius 1 is 0.970 bits per heavy atom. The van der Waals surface area contributed by atoms with Crippen LogP contribution in [-0.2, 0) is 0 Å². The molecule has 2 amide bonds. The molecule has 0 bridgehead atoms. The van der Waals surface area contributed by atoms with E-state index < -0.39 is 0 Å². The lowest BCUT2D eigenvalue weighted by Crippen LogP contribution is -2.48. The lowest BCUT2D eigenvalue weighted by molar-refractivity contribution is 0.0934. The van der Waals surface area contributed by atoms with Gasteiger partial charge in [0.15, 0.2) is 5.78 Å². The number of piperazine rings is 1. The molecule has 172 valence electrons. The zero-order chi connectivity index (χ0) is 23.5. The van der Waals surface area contributed by atoms with Crippen LogP contribution in [0.3, 0.4) is 0 Å². The fourth-order valence-corrected chi connectivity index (χ4v) is 3.51. The molecule has 1 fully saturated rings. The molecule has 2 aromatic heterocycles.